The standard InChI is InChI=1S/C12H22N2O3/c1-8-11(4-5-17-8)14-12(16)13-7-9-2-3-10(15)6-9/h8-11,15H,2-7H2,1H3,(H2,13,14,16)/t8-,9+,10+,11-/m0/s1. The number of carbonyl (C=O) groups excluding carboxylic acids is 1. The molecule has 1 saturated carbocycles. The van der Waals surface area contributed by atoms with Crippen LogP contribution in [0.4, 0.5) is 4.79 Å². The highest BCUT2D eigenvalue weighted by atomic mass is 16.5. The van der Waals surface area contributed by atoms with Gasteiger partial charge in [0.05, 0.1) is 18.2 Å². The molecule has 1 heterocycles. The molecule has 2 rings (SSSR count). The maximum Gasteiger partial charge on any atom is 0.315 e. The lowest BCUT2D eigenvalue weighted by molar-refractivity contribution is 0.114. The van der Waals surface area contributed by atoms with E-state index < -0.39 is 0 Å². The fourth-order valence-electron chi connectivity index (χ4n) is 2.61. The molecule has 0 aromatic carbocycles. The molecule has 17 heavy (non-hydrogen) atoms. The van der Waals surface area contributed by atoms with Crippen molar-refractivity contribution in [3.63, 3.8) is 0 Å². The molecule has 1 aliphatic heterocycles. The molecule has 0 aromatic rings. The molecule has 0 unspecified atom stereocenters. The molecule has 0 spiro atoms. The highest BCUT2D eigenvalue weighted by molar-refractivity contribution is 5.74. The number of rotatable bonds is 3. The first-order valence-electron chi connectivity index (χ1n) is 6.49. The van der Waals surface area contributed by atoms with Crippen molar-refractivity contribution in [3.05, 3.63) is 0 Å². The van der Waals surface area contributed by atoms with E-state index in [2.05, 4.69) is 10.6 Å². The third kappa shape index (κ3) is 3.57. The second kappa shape index (κ2) is 5.69. The molecule has 2 aliphatic rings. The fourth-order valence-corrected chi connectivity index (χ4v) is 2.61. The van der Waals surface area contributed by atoms with E-state index in [0.717, 1.165) is 32.3 Å². The van der Waals surface area contributed by atoms with Gasteiger partial charge in [-0.25, -0.2) is 4.79 Å². The second-order valence-corrected chi connectivity index (χ2v) is 5.16. The summed E-state index contributed by atoms with van der Waals surface area (Å²) >= 11 is 0. The van der Waals surface area contributed by atoms with E-state index in [1.54, 1.807) is 0 Å². The SMILES string of the molecule is C[C@@H]1OCC[C@@H]1NC(=O)NC[C@@H]1CC[C@@H](O)C1. The first-order chi connectivity index (χ1) is 8.15. The minimum absolute atomic E-state index is 0.106. The lowest BCUT2D eigenvalue weighted by Gasteiger charge is -2.17. The van der Waals surface area contributed by atoms with E-state index in [-0.39, 0.29) is 24.3 Å². The number of hydrogen-bond donors (Lipinski definition) is 3. The second-order valence-electron chi connectivity index (χ2n) is 5.16. The largest absolute Gasteiger partial charge is 0.393 e. The molecule has 1 saturated heterocycles. The maximum atomic E-state index is 11.6. The van der Waals surface area contributed by atoms with Gasteiger partial charge in [-0.15, -0.1) is 0 Å². The van der Waals surface area contributed by atoms with Crippen molar-refractivity contribution in [3.8, 4) is 0 Å². The Bertz CT molecular complexity index is 272. The van der Waals surface area contributed by atoms with Crippen molar-refractivity contribution in [1.82, 2.24) is 10.6 Å². The zero-order valence-corrected chi connectivity index (χ0v) is 10.3. The van der Waals surface area contributed by atoms with Crippen LogP contribution >= 0.6 is 0 Å². The summed E-state index contributed by atoms with van der Waals surface area (Å²) in [4.78, 5) is 11.6. The quantitative estimate of drug-likeness (QED) is 0.679. The van der Waals surface area contributed by atoms with Crippen molar-refractivity contribution in [2.45, 2.75) is 50.9 Å². The van der Waals surface area contributed by atoms with Crippen LogP contribution in [0.25, 0.3) is 0 Å². The van der Waals surface area contributed by atoms with Crippen LogP contribution in [-0.4, -0.2) is 42.5 Å². The highest BCUT2D eigenvalue weighted by Gasteiger charge is 2.26. The average molecular weight is 242 g/mol. The highest BCUT2D eigenvalue weighted by Crippen LogP contribution is 2.24. The summed E-state index contributed by atoms with van der Waals surface area (Å²) in [6.45, 7) is 3.36. The molecule has 1 aliphatic carbocycles. The van der Waals surface area contributed by atoms with Crippen LogP contribution in [0, 0.1) is 5.92 Å². The van der Waals surface area contributed by atoms with Crippen LogP contribution in [0.5, 0.6) is 0 Å². The smallest absolute Gasteiger partial charge is 0.315 e. The summed E-state index contributed by atoms with van der Waals surface area (Å²) in [6.07, 6.45) is 3.49. The number of aliphatic hydroxyl groups excluding tert-OH is 1. The van der Waals surface area contributed by atoms with Crippen molar-refractivity contribution >= 4 is 6.03 Å². The average Bonchev–Trinajstić information content (AvgIpc) is 2.86. The molecule has 2 amide bonds. The van der Waals surface area contributed by atoms with Gasteiger partial charge in [-0.05, 0) is 38.5 Å². The van der Waals surface area contributed by atoms with E-state index in [4.69, 9.17) is 4.74 Å². The van der Waals surface area contributed by atoms with Gasteiger partial charge in [0, 0.05) is 13.2 Å². The minimum atomic E-state index is -0.173. The van der Waals surface area contributed by atoms with Gasteiger partial charge in [-0.2, -0.15) is 0 Å². The number of ether oxygens (including phenoxy) is 1. The first-order valence-corrected chi connectivity index (χ1v) is 6.49. The van der Waals surface area contributed by atoms with Gasteiger partial charge < -0.3 is 20.5 Å². The summed E-state index contributed by atoms with van der Waals surface area (Å²) in [5, 5.41) is 15.2. The van der Waals surface area contributed by atoms with Crippen LogP contribution in [-0.2, 0) is 4.74 Å². The van der Waals surface area contributed by atoms with Gasteiger partial charge in [-0.1, -0.05) is 0 Å². The van der Waals surface area contributed by atoms with Crippen molar-refractivity contribution in [2.75, 3.05) is 13.2 Å². The minimum Gasteiger partial charge on any atom is -0.393 e. The Morgan fingerprint density at radius 1 is 1.41 bits per heavy atom. The summed E-state index contributed by atoms with van der Waals surface area (Å²) in [5.41, 5.74) is 0. The number of nitrogens with one attached hydrogen (secondary N) is 2. The monoisotopic (exact) mass is 242 g/mol. The van der Waals surface area contributed by atoms with Gasteiger partial charge in [0.1, 0.15) is 0 Å². The Morgan fingerprint density at radius 2 is 2.24 bits per heavy atom. The van der Waals surface area contributed by atoms with Gasteiger partial charge in [0.2, 0.25) is 0 Å². The van der Waals surface area contributed by atoms with Gasteiger partial charge >= 0.3 is 6.03 Å². The van der Waals surface area contributed by atoms with Crippen LogP contribution in [0.3, 0.4) is 0 Å². The topological polar surface area (TPSA) is 70.6 Å². The predicted molar refractivity (Wildman–Crippen MR) is 63.7 cm³/mol. The number of amides is 2. The van der Waals surface area contributed by atoms with E-state index in [9.17, 15) is 9.90 Å². The van der Waals surface area contributed by atoms with Crippen molar-refractivity contribution < 1.29 is 14.6 Å². The van der Waals surface area contributed by atoms with E-state index in [1.807, 2.05) is 6.92 Å². The molecule has 4 atom stereocenters. The third-order valence-electron chi connectivity index (χ3n) is 3.76. The number of hydrogen-bond acceptors (Lipinski definition) is 3. The summed E-state index contributed by atoms with van der Waals surface area (Å²) in [6, 6.07) is 0.0120. The molecular formula is C12H22N2O3. The third-order valence-corrected chi connectivity index (χ3v) is 3.76. The zero-order valence-electron chi connectivity index (χ0n) is 10.3. The maximum absolute atomic E-state index is 11.6. The molecule has 5 heteroatoms. The molecule has 98 valence electrons. The molecule has 0 aromatic heterocycles. The van der Waals surface area contributed by atoms with Crippen molar-refractivity contribution in [1.29, 1.82) is 0 Å². The van der Waals surface area contributed by atoms with Crippen molar-refractivity contribution in [2.24, 2.45) is 5.92 Å². The Morgan fingerprint density at radius 3 is 2.82 bits per heavy atom. The molecule has 5 nitrogen and oxygen atoms in total. The Labute approximate surface area is 102 Å². The molecule has 3 N–H and O–H groups in total. The zero-order chi connectivity index (χ0) is 12.3. The Balaban J connectivity index is 1.64. The van der Waals surface area contributed by atoms with Crippen LogP contribution in [0.15, 0.2) is 0 Å². The fraction of sp³-hybridized carbons (Fsp3) is 0.917. The van der Waals surface area contributed by atoms with Gasteiger partial charge in [0.25, 0.3) is 0 Å². The van der Waals surface area contributed by atoms with E-state index in [0.29, 0.717) is 12.5 Å². The molecule has 0 radical (unpaired) electrons. The predicted octanol–water partition coefficient (Wildman–Crippen LogP) is 0.624. The van der Waals surface area contributed by atoms with E-state index >= 15 is 0 Å². The first kappa shape index (κ1) is 12.6. The van der Waals surface area contributed by atoms with Crippen LogP contribution < -0.4 is 10.6 Å². The van der Waals surface area contributed by atoms with E-state index in [1.165, 1.54) is 0 Å². The lowest BCUT2D eigenvalue weighted by atomic mass is 10.1. The number of urea groups is 1. The molecular weight excluding hydrogens is 220 g/mol. The number of carbonyl (C=O) groups is 1. The molecule has 2 fully saturated rings. The molecule has 0 bridgehead atoms. The Kier molecular flexibility index (Phi) is 4.23. The van der Waals surface area contributed by atoms with Crippen LogP contribution in [0.1, 0.15) is 32.6 Å². The summed E-state index contributed by atoms with van der Waals surface area (Å²) in [5.74, 6) is 0.424. The van der Waals surface area contributed by atoms with Crippen LogP contribution in [0.2, 0.25) is 0 Å². The normalized spacial score (nSPS) is 37.1. The summed E-state index contributed by atoms with van der Waals surface area (Å²) < 4.78 is 5.38. The summed E-state index contributed by atoms with van der Waals surface area (Å²) in [7, 11) is 0. The van der Waals surface area contributed by atoms with Gasteiger partial charge in [-0.3, -0.25) is 0 Å². The lowest BCUT2D eigenvalue weighted by Crippen LogP contribution is -2.46. The Hall–Kier alpha value is -0.810. The number of aliphatic hydroxyl groups is 1. The van der Waals surface area contributed by atoms with Gasteiger partial charge in [0.15, 0.2) is 0 Å².